The first kappa shape index (κ1) is 12.0. The molecule has 0 spiro atoms. The summed E-state index contributed by atoms with van der Waals surface area (Å²) in [5.74, 6) is 1.46. The van der Waals surface area contributed by atoms with Crippen LogP contribution in [-0.4, -0.2) is 7.87 Å². The highest BCUT2D eigenvalue weighted by atomic mass is 35.6. The van der Waals surface area contributed by atoms with Crippen LogP contribution in [0.15, 0.2) is 60.7 Å². The van der Waals surface area contributed by atoms with E-state index in [4.69, 9.17) is 19.9 Å². The van der Waals surface area contributed by atoms with Gasteiger partial charge >= 0.3 is 7.87 Å². The summed E-state index contributed by atoms with van der Waals surface area (Å²) in [5, 5.41) is 0. The van der Waals surface area contributed by atoms with Crippen molar-refractivity contribution in [1.29, 1.82) is 0 Å². The number of para-hydroxylation sites is 2. The predicted molar refractivity (Wildman–Crippen MR) is 71.6 cm³/mol. The van der Waals surface area contributed by atoms with E-state index in [0.717, 1.165) is 11.5 Å². The molecule has 0 saturated heterocycles. The Kier molecular flexibility index (Phi) is 3.71. The van der Waals surface area contributed by atoms with Gasteiger partial charge in [0.05, 0.1) is 0 Å². The molecule has 2 nitrogen and oxygen atoms in total. The van der Waals surface area contributed by atoms with Crippen LogP contribution < -0.4 is 8.85 Å². The molecule has 2 aromatic carbocycles. The Morgan fingerprint density at radius 3 is 1.47 bits per heavy atom. The zero-order valence-electron chi connectivity index (χ0n) is 9.47. The van der Waals surface area contributed by atoms with Gasteiger partial charge in [0, 0.05) is 6.55 Å². The summed E-state index contributed by atoms with van der Waals surface area (Å²) in [4.78, 5) is 0. The van der Waals surface area contributed by atoms with Gasteiger partial charge in [0.1, 0.15) is 11.5 Å². The third-order valence-corrected chi connectivity index (χ3v) is 3.75. The molecule has 0 atom stereocenters. The highest BCUT2D eigenvalue weighted by Crippen LogP contribution is 2.22. The summed E-state index contributed by atoms with van der Waals surface area (Å²) in [5.41, 5.74) is 0. The average molecular weight is 265 g/mol. The van der Waals surface area contributed by atoms with Crippen molar-refractivity contribution in [1.82, 2.24) is 0 Å². The summed E-state index contributed by atoms with van der Waals surface area (Å²) < 4.78 is 11.4. The lowest BCUT2D eigenvalue weighted by atomic mass is 10.3. The van der Waals surface area contributed by atoms with Crippen molar-refractivity contribution in [3.63, 3.8) is 0 Å². The Morgan fingerprint density at radius 1 is 0.765 bits per heavy atom. The highest BCUT2D eigenvalue weighted by molar-refractivity contribution is 7.13. The lowest BCUT2D eigenvalue weighted by Gasteiger charge is -2.21. The minimum Gasteiger partial charge on any atom is -0.501 e. The van der Waals surface area contributed by atoms with Crippen LogP contribution in [0.5, 0.6) is 11.5 Å². The van der Waals surface area contributed by atoms with Gasteiger partial charge in [-0.2, -0.15) is 0 Å². The molecule has 0 saturated carbocycles. The van der Waals surface area contributed by atoms with E-state index in [0.29, 0.717) is 0 Å². The number of rotatable bonds is 4. The number of benzene rings is 2. The minimum absolute atomic E-state index is 0.729. The maximum absolute atomic E-state index is 6.30. The van der Waals surface area contributed by atoms with E-state index in [1.165, 1.54) is 0 Å². The molecule has 88 valence electrons. The van der Waals surface area contributed by atoms with Crippen molar-refractivity contribution in [3.05, 3.63) is 60.7 Å². The Balaban J connectivity index is 2.04. The largest absolute Gasteiger partial charge is 0.565 e. The van der Waals surface area contributed by atoms with Gasteiger partial charge in [0.2, 0.25) is 0 Å². The first-order valence-electron chi connectivity index (χ1n) is 5.33. The topological polar surface area (TPSA) is 18.5 Å². The first-order chi connectivity index (χ1) is 8.16. The van der Waals surface area contributed by atoms with Gasteiger partial charge in [-0.15, -0.1) is 0 Å². The Bertz CT molecular complexity index is 416. The van der Waals surface area contributed by atoms with Gasteiger partial charge in [0.15, 0.2) is 0 Å². The van der Waals surface area contributed by atoms with Crippen molar-refractivity contribution >= 4 is 18.9 Å². The van der Waals surface area contributed by atoms with Crippen molar-refractivity contribution in [2.45, 2.75) is 6.55 Å². The van der Waals surface area contributed by atoms with E-state index in [1.807, 2.05) is 60.7 Å². The van der Waals surface area contributed by atoms with E-state index in [-0.39, 0.29) is 0 Å². The second-order valence-electron chi connectivity index (χ2n) is 3.67. The summed E-state index contributed by atoms with van der Waals surface area (Å²) in [7, 11) is -2.71. The van der Waals surface area contributed by atoms with Crippen molar-refractivity contribution in [2.75, 3.05) is 0 Å². The van der Waals surface area contributed by atoms with Gasteiger partial charge < -0.3 is 8.85 Å². The third-order valence-electron chi connectivity index (χ3n) is 2.09. The monoisotopic (exact) mass is 264 g/mol. The quantitative estimate of drug-likeness (QED) is 0.615. The average Bonchev–Trinajstić information content (AvgIpc) is 2.30. The Labute approximate surface area is 107 Å². The molecule has 0 fully saturated rings. The minimum atomic E-state index is -2.71. The number of hydrogen-bond donors (Lipinski definition) is 0. The van der Waals surface area contributed by atoms with Crippen molar-refractivity contribution in [2.24, 2.45) is 0 Å². The Morgan fingerprint density at radius 2 is 1.12 bits per heavy atom. The lowest BCUT2D eigenvalue weighted by molar-refractivity contribution is 0.418. The third kappa shape index (κ3) is 3.80. The van der Waals surface area contributed by atoms with Gasteiger partial charge in [-0.3, -0.25) is 0 Å². The molecule has 17 heavy (non-hydrogen) atoms. The van der Waals surface area contributed by atoms with Gasteiger partial charge in [0.25, 0.3) is 0 Å². The zero-order chi connectivity index (χ0) is 12.1. The van der Waals surface area contributed by atoms with Crippen molar-refractivity contribution in [3.8, 4) is 11.5 Å². The van der Waals surface area contributed by atoms with E-state index in [1.54, 1.807) is 6.55 Å². The predicted octanol–water partition coefficient (Wildman–Crippen LogP) is 3.95. The lowest BCUT2D eigenvalue weighted by Crippen LogP contribution is -2.39. The standard InChI is InChI=1S/C13H13ClO2Si/c1-17(14,15-12-8-4-2-5-9-12)16-13-10-6-3-7-11-13/h2-11H,1H3. The SMILES string of the molecule is C[Si](Cl)(Oc1ccccc1)Oc1ccccc1. The molecule has 4 heteroatoms. The van der Waals surface area contributed by atoms with E-state index >= 15 is 0 Å². The van der Waals surface area contributed by atoms with Crippen molar-refractivity contribution < 1.29 is 8.85 Å². The van der Waals surface area contributed by atoms with Gasteiger partial charge in [-0.25, -0.2) is 0 Å². The maximum Gasteiger partial charge on any atom is 0.565 e. The van der Waals surface area contributed by atoms with Crippen LogP contribution in [0.4, 0.5) is 0 Å². The molecule has 2 rings (SSSR count). The van der Waals surface area contributed by atoms with Gasteiger partial charge in [-0.05, 0) is 24.3 Å². The molecule has 0 heterocycles. The van der Waals surface area contributed by atoms with Crippen LogP contribution in [0, 0.1) is 0 Å². The molecular formula is C13H13ClO2Si. The molecule has 0 radical (unpaired) electrons. The summed E-state index contributed by atoms with van der Waals surface area (Å²) in [6.45, 7) is 1.80. The van der Waals surface area contributed by atoms with Crippen LogP contribution in [0.1, 0.15) is 0 Å². The number of halogens is 1. The summed E-state index contributed by atoms with van der Waals surface area (Å²) in [6.07, 6.45) is 0. The van der Waals surface area contributed by atoms with Crippen LogP contribution in [-0.2, 0) is 0 Å². The smallest absolute Gasteiger partial charge is 0.501 e. The molecule has 0 aliphatic heterocycles. The van der Waals surface area contributed by atoms with E-state index < -0.39 is 7.87 Å². The van der Waals surface area contributed by atoms with E-state index in [9.17, 15) is 0 Å². The van der Waals surface area contributed by atoms with Gasteiger partial charge in [-0.1, -0.05) is 47.5 Å². The summed E-state index contributed by atoms with van der Waals surface area (Å²) in [6, 6.07) is 18.9. The molecule has 0 unspecified atom stereocenters. The molecule has 0 aliphatic carbocycles. The fourth-order valence-electron chi connectivity index (χ4n) is 1.42. The van der Waals surface area contributed by atoms with Crippen LogP contribution in [0.2, 0.25) is 6.55 Å². The molecule has 2 aromatic rings. The second kappa shape index (κ2) is 5.25. The molecular weight excluding hydrogens is 252 g/mol. The van der Waals surface area contributed by atoms with Crippen LogP contribution in [0.3, 0.4) is 0 Å². The molecule has 0 aromatic heterocycles. The molecule has 0 N–H and O–H groups in total. The molecule has 0 amide bonds. The van der Waals surface area contributed by atoms with E-state index in [2.05, 4.69) is 0 Å². The highest BCUT2D eigenvalue weighted by Gasteiger charge is 2.33. The number of hydrogen-bond acceptors (Lipinski definition) is 2. The molecule has 0 aliphatic rings. The normalized spacial score (nSPS) is 10.9. The fourth-order valence-corrected chi connectivity index (χ4v) is 3.11. The maximum atomic E-state index is 6.30. The summed E-state index contributed by atoms with van der Waals surface area (Å²) >= 11 is 6.30. The first-order valence-corrected chi connectivity index (χ1v) is 8.66. The fraction of sp³-hybridized carbons (Fsp3) is 0.0769. The van der Waals surface area contributed by atoms with Crippen LogP contribution in [0.25, 0.3) is 0 Å². The Hall–Kier alpha value is -1.45. The zero-order valence-corrected chi connectivity index (χ0v) is 11.2. The molecule has 0 bridgehead atoms. The second-order valence-corrected chi connectivity index (χ2v) is 7.80. The van der Waals surface area contributed by atoms with Crippen LogP contribution >= 0.6 is 11.1 Å².